The summed E-state index contributed by atoms with van der Waals surface area (Å²) >= 11 is 0. The molecule has 0 bridgehead atoms. The first-order valence-electron chi connectivity index (χ1n) is 9.36. The third-order valence-corrected chi connectivity index (χ3v) is 5.20. The molecule has 0 unspecified atom stereocenters. The van der Waals surface area contributed by atoms with E-state index in [0.29, 0.717) is 19.4 Å². The number of halogens is 3. The molecular weight excluding hydrogens is 375 g/mol. The third kappa shape index (κ3) is 4.76. The van der Waals surface area contributed by atoms with Crippen LogP contribution in [0, 0.1) is 0 Å². The second-order valence-electron chi connectivity index (χ2n) is 7.51. The van der Waals surface area contributed by atoms with Gasteiger partial charge in [0.2, 0.25) is 0 Å². The minimum absolute atomic E-state index is 0.118. The second-order valence-corrected chi connectivity index (χ2v) is 7.51. The molecule has 1 aliphatic heterocycles. The van der Waals surface area contributed by atoms with Crippen LogP contribution in [-0.4, -0.2) is 47.4 Å². The first kappa shape index (κ1) is 20.4. The van der Waals surface area contributed by atoms with E-state index in [1.807, 2.05) is 0 Å². The molecular formula is C19H24F3N3O3. The van der Waals surface area contributed by atoms with Gasteiger partial charge in [-0.1, -0.05) is 37.8 Å². The van der Waals surface area contributed by atoms with Crippen molar-refractivity contribution in [3.63, 3.8) is 0 Å². The van der Waals surface area contributed by atoms with Gasteiger partial charge >= 0.3 is 12.4 Å². The number of carbonyl (C=O) groups excluding carboxylic acids is 2. The Kier molecular flexibility index (Phi) is 5.83. The molecule has 0 radical (unpaired) electrons. The van der Waals surface area contributed by atoms with E-state index in [2.05, 4.69) is 10.1 Å². The minimum Gasteiger partial charge on any atom is -0.406 e. The number of rotatable bonds is 5. The maximum atomic E-state index is 12.9. The van der Waals surface area contributed by atoms with Crippen molar-refractivity contribution in [2.24, 2.45) is 0 Å². The van der Waals surface area contributed by atoms with Gasteiger partial charge in [-0.15, -0.1) is 13.2 Å². The summed E-state index contributed by atoms with van der Waals surface area (Å²) in [6.07, 6.45) is 0.578. The molecule has 1 aromatic rings. The van der Waals surface area contributed by atoms with Gasteiger partial charge in [-0.25, -0.2) is 9.69 Å². The molecule has 154 valence electrons. The topological polar surface area (TPSA) is 61.9 Å². The molecule has 1 saturated carbocycles. The van der Waals surface area contributed by atoms with Crippen LogP contribution in [-0.2, 0) is 11.3 Å². The molecule has 2 aliphatic rings. The summed E-state index contributed by atoms with van der Waals surface area (Å²) in [6, 6.07) is 5.15. The standard InChI is InChI=1S/C19H24F3N3O3/c1-24(12-14-6-8-15(9-7-14)28-19(20,21)22)13-25-16(26)18(23-17(25)27)10-4-2-3-5-11-18/h6-9H,2-5,10-13H2,1H3,(H,23,27). The molecule has 3 rings (SSSR count). The van der Waals surface area contributed by atoms with Crippen LogP contribution in [0.3, 0.4) is 0 Å². The van der Waals surface area contributed by atoms with Crippen LogP contribution in [0.15, 0.2) is 24.3 Å². The fourth-order valence-corrected chi connectivity index (χ4v) is 3.88. The maximum absolute atomic E-state index is 12.9. The van der Waals surface area contributed by atoms with Crippen LogP contribution in [0.4, 0.5) is 18.0 Å². The van der Waals surface area contributed by atoms with E-state index < -0.39 is 11.9 Å². The number of hydrogen-bond donors (Lipinski definition) is 1. The number of benzene rings is 1. The normalized spacial score (nSPS) is 19.8. The lowest BCUT2D eigenvalue weighted by atomic mass is 9.90. The van der Waals surface area contributed by atoms with Crippen LogP contribution < -0.4 is 10.1 Å². The van der Waals surface area contributed by atoms with Crippen molar-refractivity contribution in [3.05, 3.63) is 29.8 Å². The van der Waals surface area contributed by atoms with E-state index in [9.17, 15) is 22.8 Å². The Morgan fingerprint density at radius 2 is 1.71 bits per heavy atom. The van der Waals surface area contributed by atoms with Crippen molar-refractivity contribution in [3.8, 4) is 5.75 Å². The van der Waals surface area contributed by atoms with E-state index in [-0.39, 0.29) is 24.4 Å². The smallest absolute Gasteiger partial charge is 0.406 e. The first-order chi connectivity index (χ1) is 13.2. The number of hydrogen-bond acceptors (Lipinski definition) is 4. The van der Waals surface area contributed by atoms with E-state index in [4.69, 9.17) is 0 Å². The molecule has 28 heavy (non-hydrogen) atoms. The van der Waals surface area contributed by atoms with E-state index in [1.165, 1.54) is 29.2 Å². The summed E-state index contributed by atoms with van der Waals surface area (Å²) in [7, 11) is 1.75. The Bertz CT molecular complexity index is 713. The van der Waals surface area contributed by atoms with Crippen molar-refractivity contribution >= 4 is 11.9 Å². The Morgan fingerprint density at radius 3 is 2.29 bits per heavy atom. The lowest BCUT2D eigenvalue weighted by Gasteiger charge is -2.26. The van der Waals surface area contributed by atoms with E-state index in [1.54, 1.807) is 11.9 Å². The highest BCUT2D eigenvalue weighted by molar-refractivity contribution is 6.07. The highest BCUT2D eigenvalue weighted by Crippen LogP contribution is 2.32. The lowest BCUT2D eigenvalue weighted by Crippen LogP contribution is -2.47. The van der Waals surface area contributed by atoms with E-state index >= 15 is 0 Å². The van der Waals surface area contributed by atoms with Crippen LogP contribution in [0.5, 0.6) is 5.75 Å². The largest absolute Gasteiger partial charge is 0.573 e. The average Bonchev–Trinajstić information content (AvgIpc) is 2.78. The SMILES string of the molecule is CN(Cc1ccc(OC(F)(F)F)cc1)CN1C(=O)NC2(CCCCCC2)C1=O. The first-order valence-corrected chi connectivity index (χ1v) is 9.36. The molecule has 1 spiro atoms. The average molecular weight is 399 g/mol. The number of carbonyl (C=O) groups is 2. The summed E-state index contributed by atoms with van der Waals surface area (Å²) in [6.45, 7) is 0.490. The number of imide groups is 1. The zero-order chi connectivity index (χ0) is 20.4. The van der Waals surface area contributed by atoms with Gasteiger partial charge in [-0.05, 0) is 37.6 Å². The summed E-state index contributed by atoms with van der Waals surface area (Å²) in [5.41, 5.74) is -0.0291. The number of nitrogens with zero attached hydrogens (tertiary/aromatic N) is 2. The van der Waals surface area contributed by atoms with Gasteiger partial charge in [-0.3, -0.25) is 9.69 Å². The summed E-state index contributed by atoms with van der Waals surface area (Å²) in [4.78, 5) is 28.3. The number of urea groups is 1. The third-order valence-electron chi connectivity index (χ3n) is 5.20. The van der Waals surface area contributed by atoms with Crippen molar-refractivity contribution in [1.29, 1.82) is 0 Å². The summed E-state index contributed by atoms with van der Waals surface area (Å²) in [5.74, 6) is -0.469. The Labute approximate surface area is 161 Å². The predicted molar refractivity (Wildman–Crippen MR) is 95.3 cm³/mol. The molecule has 9 heteroatoms. The lowest BCUT2D eigenvalue weighted by molar-refractivity contribution is -0.274. The monoisotopic (exact) mass is 399 g/mol. The van der Waals surface area contributed by atoms with Gasteiger partial charge in [0.15, 0.2) is 0 Å². The number of nitrogens with one attached hydrogen (secondary N) is 1. The van der Waals surface area contributed by atoms with Crippen LogP contribution in [0.2, 0.25) is 0 Å². The zero-order valence-corrected chi connectivity index (χ0v) is 15.7. The van der Waals surface area contributed by atoms with Crippen LogP contribution >= 0.6 is 0 Å². The molecule has 0 aromatic heterocycles. The second kappa shape index (κ2) is 7.98. The van der Waals surface area contributed by atoms with Gasteiger partial charge in [-0.2, -0.15) is 0 Å². The van der Waals surface area contributed by atoms with Gasteiger partial charge in [0.25, 0.3) is 5.91 Å². The number of alkyl halides is 3. The maximum Gasteiger partial charge on any atom is 0.573 e. The predicted octanol–water partition coefficient (Wildman–Crippen LogP) is 3.62. The van der Waals surface area contributed by atoms with Gasteiger partial charge in [0.1, 0.15) is 11.3 Å². The molecule has 2 fully saturated rings. The molecule has 1 aromatic carbocycles. The molecule has 3 amide bonds. The van der Waals surface area contributed by atoms with Crippen LogP contribution in [0.25, 0.3) is 0 Å². The fraction of sp³-hybridized carbons (Fsp3) is 0.579. The zero-order valence-electron chi connectivity index (χ0n) is 15.7. The quantitative estimate of drug-likeness (QED) is 0.769. The van der Waals surface area contributed by atoms with Crippen molar-refractivity contribution in [2.75, 3.05) is 13.7 Å². The van der Waals surface area contributed by atoms with Gasteiger partial charge < -0.3 is 10.1 Å². The Morgan fingerprint density at radius 1 is 1.11 bits per heavy atom. The number of ether oxygens (including phenoxy) is 1. The summed E-state index contributed by atoms with van der Waals surface area (Å²) < 4.78 is 40.5. The molecule has 1 saturated heterocycles. The van der Waals surface area contributed by atoms with Crippen molar-refractivity contribution in [1.82, 2.24) is 15.1 Å². The van der Waals surface area contributed by atoms with Crippen molar-refractivity contribution < 1.29 is 27.5 Å². The Hall–Kier alpha value is -2.29. The highest BCUT2D eigenvalue weighted by atomic mass is 19.4. The van der Waals surface area contributed by atoms with E-state index in [0.717, 1.165) is 31.2 Å². The van der Waals surface area contributed by atoms with Gasteiger partial charge in [0, 0.05) is 6.54 Å². The van der Waals surface area contributed by atoms with Crippen molar-refractivity contribution in [2.45, 2.75) is 57.0 Å². The molecule has 1 heterocycles. The number of amides is 3. The Balaban J connectivity index is 1.59. The molecule has 6 nitrogen and oxygen atoms in total. The van der Waals surface area contributed by atoms with Crippen LogP contribution in [0.1, 0.15) is 44.1 Å². The summed E-state index contributed by atoms with van der Waals surface area (Å²) in [5, 5.41) is 2.90. The highest BCUT2D eigenvalue weighted by Gasteiger charge is 2.50. The molecule has 1 N–H and O–H groups in total. The molecule has 0 atom stereocenters. The fourth-order valence-electron chi connectivity index (χ4n) is 3.88. The molecule has 1 aliphatic carbocycles. The minimum atomic E-state index is -4.73. The van der Waals surface area contributed by atoms with Gasteiger partial charge in [0.05, 0.1) is 6.67 Å².